The van der Waals surface area contributed by atoms with Crippen LogP contribution in [0.1, 0.15) is 0 Å². The number of nitrogen functional groups attached to an aromatic ring is 1. The first-order valence-electron chi connectivity index (χ1n) is 4.50. The summed E-state index contributed by atoms with van der Waals surface area (Å²) >= 11 is 3.12. The molecule has 0 aliphatic carbocycles. The number of carbonyl (C=O) groups is 1. The van der Waals surface area contributed by atoms with Crippen LogP contribution in [0.4, 0.5) is 5.69 Å². The number of carboxylic acid groups (broad SMARTS) is 1. The van der Waals surface area contributed by atoms with Gasteiger partial charge in [-0.25, -0.2) is 8.42 Å². The summed E-state index contributed by atoms with van der Waals surface area (Å²) in [5, 5.41) is 8.59. The minimum Gasteiger partial charge on any atom is -0.480 e. The van der Waals surface area contributed by atoms with E-state index in [1.165, 1.54) is 12.1 Å². The Kier molecular flexibility index (Phi) is 4.12. The van der Waals surface area contributed by atoms with E-state index in [-0.39, 0.29) is 10.6 Å². The van der Waals surface area contributed by atoms with E-state index >= 15 is 0 Å². The molecule has 0 aliphatic heterocycles. The minimum absolute atomic E-state index is 0.0609. The second-order valence-electron chi connectivity index (χ2n) is 3.41. The van der Waals surface area contributed by atoms with Crippen molar-refractivity contribution in [3.8, 4) is 0 Å². The Morgan fingerprint density at radius 2 is 2.06 bits per heavy atom. The molecule has 0 aromatic heterocycles. The average molecular weight is 323 g/mol. The quantitative estimate of drug-likeness (QED) is 0.681. The summed E-state index contributed by atoms with van der Waals surface area (Å²) in [5.74, 6) is -2.06. The van der Waals surface area contributed by atoms with E-state index in [2.05, 4.69) is 15.9 Å². The molecule has 1 rings (SSSR count). The Morgan fingerprint density at radius 1 is 1.47 bits per heavy atom. The number of anilines is 1. The number of carboxylic acids is 1. The molecule has 1 atom stereocenters. The molecule has 5 N–H and O–H groups in total. The van der Waals surface area contributed by atoms with Gasteiger partial charge in [0, 0.05) is 4.47 Å². The van der Waals surface area contributed by atoms with Crippen molar-refractivity contribution in [1.29, 1.82) is 0 Å². The molecule has 0 spiro atoms. The molecule has 1 aromatic carbocycles. The Labute approximate surface area is 107 Å². The monoisotopic (exact) mass is 322 g/mol. The third-order valence-corrected chi connectivity index (χ3v) is 4.34. The predicted molar refractivity (Wildman–Crippen MR) is 66.2 cm³/mol. The zero-order valence-electron chi connectivity index (χ0n) is 8.63. The molecule has 0 fully saturated rings. The highest BCUT2D eigenvalue weighted by atomic mass is 79.9. The lowest BCUT2D eigenvalue weighted by atomic mass is 10.3. The van der Waals surface area contributed by atoms with Gasteiger partial charge in [-0.2, -0.15) is 0 Å². The number of rotatable bonds is 4. The molecule has 0 unspecified atom stereocenters. The summed E-state index contributed by atoms with van der Waals surface area (Å²) < 4.78 is 24.3. The molecule has 17 heavy (non-hydrogen) atoms. The standard InChI is InChI=1S/C9H11BrN2O4S/c10-5-1-2-6(11)8(3-5)17(15,16)4-7(12)9(13)14/h1-3,7H,4,11-12H2,(H,13,14)/t7-/m0/s1. The molecular formula is C9H11BrN2O4S. The Hall–Kier alpha value is -1.12. The molecule has 6 nitrogen and oxygen atoms in total. The normalized spacial score (nSPS) is 13.3. The van der Waals surface area contributed by atoms with E-state index in [1.807, 2.05) is 0 Å². The van der Waals surface area contributed by atoms with Crippen LogP contribution in [0.15, 0.2) is 27.6 Å². The number of nitrogens with two attached hydrogens (primary N) is 2. The summed E-state index contributed by atoms with van der Waals surface area (Å²) in [4.78, 5) is 10.4. The second-order valence-corrected chi connectivity index (χ2v) is 6.33. The first-order valence-corrected chi connectivity index (χ1v) is 6.95. The van der Waals surface area contributed by atoms with Crippen LogP contribution in [0.5, 0.6) is 0 Å². The fourth-order valence-corrected chi connectivity index (χ4v) is 3.22. The van der Waals surface area contributed by atoms with Gasteiger partial charge < -0.3 is 16.6 Å². The summed E-state index contributed by atoms with van der Waals surface area (Å²) in [6.07, 6.45) is 0. The van der Waals surface area contributed by atoms with Crippen molar-refractivity contribution in [2.45, 2.75) is 10.9 Å². The highest BCUT2D eigenvalue weighted by Gasteiger charge is 2.25. The summed E-state index contributed by atoms with van der Waals surface area (Å²) in [7, 11) is -3.82. The van der Waals surface area contributed by atoms with E-state index in [0.29, 0.717) is 4.47 Å². The van der Waals surface area contributed by atoms with Crippen molar-refractivity contribution in [1.82, 2.24) is 0 Å². The van der Waals surface area contributed by atoms with Crippen LogP contribution in [0.25, 0.3) is 0 Å². The zero-order valence-corrected chi connectivity index (χ0v) is 11.0. The number of benzene rings is 1. The lowest BCUT2D eigenvalue weighted by Gasteiger charge is -2.10. The first-order chi connectivity index (χ1) is 7.74. The van der Waals surface area contributed by atoms with Gasteiger partial charge in [0.05, 0.1) is 16.3 Å². The maximum atomic E-state index is 11.9. The molecule has 0 radical (unpaired) electrons. The highest BCUT2D eigenvalue weighted by Crippen LogP contribution is 2.24. The van der Waals surface area contributed by atoms with Gasteiger partial charge in [-0.1, -0.05) is 15.9 Å². The first kappa shape index (κ1) is 13.9. The van der Waals surface area contributed by atoms with Gasteiger partial charge in [0.2, 0.25) is 0 Å². The van der Waals surface area contributed by atoms with Gasteiger partial charge in [0.1, 0.15) is 6.04 Å². The van der Waals surface area contributed by atoms with Crippen molar-refractivity contribution in [2.75, 3.05) is 11.5 Å². The molecule has 1 aromatic rings. The maximum absolute atomic E-state index is 11.9. The number of aliphatic carboxylic acids is 1. The molecule has 0 saturated heterocycles. The van der Waals surface area contributed by atoms with E-state index < -0.39 is 27.6 Å². The Bertz CT molecular complexity index is 544. The second kappa shape index (κ2) is 5.03. The fraction of sp³-hybridized carbons (Fsp3) is 0.222. The maximum Gasteiger partial charge on any atom is 0.321 e. The van der Waals surface area contributed by atoms with Gasteiger partial charge in [0.25, 0.3) is 0 Å². The number of sulfone groups is 1. The van der Waals surface area contributed by atoms with Gasteiger partial charge in [-0.3, -0.25) is 4.79 Å². The molecule has 0 aliphatic rings. The smallest absolute Gasteiger partial charge is 0.321 e. The van der Waals surface area contributed by atoms with Crippen LogP contribution in [0.2, 0.25) is 0 Å². The van der Waals surface area contributed by atoms with Crippen LogP contribution >= 0.6 is 15.9 Å². The van der Waals surface area contributed by atoms with Crippen molar-refractivity contribution < 1.29 is 18.3 Å². The third-order valence-electron chi connectivity index (χ3n) is 2.03. The highest BCUT2D eigenvalue weighted by molar-refractivity contribution is 9.10. The number of hydrogen-bond donors (Lipinski definition) is 3. The lowest BCUT2D eigenvalue weighted by molar-refractivity contribution is -0.137. The van der Waals surface area contributed by atoms with Crippen LogP contribution in [0.3, 0.4) is 0 Å². The van der Waals surface area contributed by atoms with Crippen LogP contribution in [0, 0.1) is 0 Å². The lowest BCUT2D eigenvalue weighted by Crippen LogP contribution is -2.37. The van der Waals surface area contributed by atoms with E-state index in [4.69, 9.17) is 16.6 Å². The van der Waals surface area contributed by atoms with Gasteiger partial charge in [-0.15, -0.1) is 0 Å². The number of halogens is 1. The van der Waals surface area contributed by atoms with Crippen molar-refractivity contribution in [2.24, 2.45) is 5.73 Å². The van der Waals surface area contributed by atoms with E-state index in [1.54, 1.807) is 6.07 Å². The summed E-state index contributed by atoms with van der Waals surface area (Å²) in [6.45, 7) is 0. The molecule has 8 heteroatoms. The fourth-order valence-electron chi connectivity index (χ4n) is 1.17. The number of hydrogen-bond acceptors (Lipinski definition) is 5. The minimum atomic E-state index is -3.82. The summed E-state index contributed by atoms with van der Waals surface area (Å²) in [6, 6.07) is 2.85. The molecule has 0 bridgehead atoms. The molecular weight excluding hydrogens is 312 g/mol. The largest absolute Gasteiger partial charge is 0.480 e. The molecule has 0 saturated carbocycles. The Morgan fingerprint density at radius 3 is 2.59 bits per heavy atom. The van der Waals surface area contributed by atoms with Crippen molar-refractivity contribution in [3.05, 3.63) is 22.7 Å². The van der Waals surface area contributed by atoms with Gasteiger partial charge in [-0.05, 0) is 18.2 Å². The molecule has 0 heterocycles. The molecule has 94 valence electrons. The van der Waals surface area contributed by atoms with Crippen LogP contribution < -0.4 is 11.5 Å². The zero-order chi connectivity index (χ0) is 13.2. The van der Waals surface area contributed by atoms with Gasteiger partial charge >= 0.3 is 5.97 Å². The third kappa shape index (κ3) is 3.42. The van der Waals surface area contributed by atoms with Crippen LogP contribution in [-0.2, 0) is 14.6 Å². The predicted octanol–water partition coefficient (Wildman–Crippen LogP) is 0.217. The summed E-state index contributed by atoms with van der Waals surface area (Å²) in [5.41, 5.74) is 10.8. The van der Waals surface area contributed by atoms with Crippen molar-refractivity contribution >= 4 is 37.4 Å². The SMILES string of the molecule is Nc1ccc(Br)cc1S(=O)(=O)C[C@H](N)C(=O)O. The van der Waals surface area contributed by atoms with Gasteiger partial charge in [0.15, 0.2) is 9.84 Å². The van der Waals surface area contributed by atoms with E-state index in [9.17, 15) is 13.2 Å². The van der Waals surface area contributed by atoms with E-state index in [0.717, 1.165) is 0 Å². The van der Waals surface area contributed by atoms with Crippen molar-refractivity contribution in [3.63, 3.8) is 0 Å². The molecule has 0 amide bonds. The van der Waals surface area contributed by atoms with Crippen LogP contribution in [-0.4, -0.2) is 31.3 Å². The average Bonchev–Trinajstić information content (AvgIpc) is 2.20. The topological polar surface area (TPSA) is 123 Å². The Balaban J connectivity index is 3.13.